The number of halogens is 2. The molecule has 10 heteroatoms. The van der Waals surface area contributed by atoms with Crippen molar-refractivity contribution in [3.8, 4) is 17.1 Å². The molecule has 44 heavy (non-hydrogen) atoms. The average molecular weight is 648 g/mol. The number of allylic oxidation sites excluding steroid dienone is 1. The number of hydrogen-bond donors (Lipinski definition) is 0. The van der Waals surface area contributed by atoms with Gasteiger partial charge in [0.2, 0.25) is 0 Å². The Hall–Kier alpha value is -4.11. The molecular weight excluding hydrogens is 619 g/mol. The monoisotopic (exact) mass is 646 g/mol. The average Bonchev–Trinajstić information content (AvgIpc) is 3.60. The number of furan rings is 1. The summed E-state index contributed by atoms with van der Waals surface area (Å²) in [4.78, 5) is 33.3. The number of fused-ring (bicyclic) bond motifs is 2. The first-order valence-electron chi connectivity index (χ1n) is 14.2. The van der Waals surface area contributed by atoms with Crippen molar-refractivity contribution < 1.29 is 18.7 Å². The van der Waals surface area contributed by atoms with E-state index in [0.717, 1.165) is 17.2 Å². The summed E-state index contributed by atoms with van der Waals surface area (Å²) in [6, 6.07) is 19.6. The van der Waals surface area contributed by atoms with Crippen molar-refractivity contribution in [1.82, 2.24) is 4.57 Å². The molecule has 1 unspecified atom stereocenters. The second kappa shape index (κ2) is 12.5. The van der Waals surface area contributed by atoms with Gasteiger partial charge in [0.05, 0.1) is 34.5 Å². The lowest BCUT2D eigenvalue weighted by molar-refractivity contribution is -0.139. The number of aromatic nitrogens is 1. The van der Waals surface area contributed by atoms with E-state index in [1.54, 1.807) is 55.0 Å². The van der Waals surface area contributed by atoms with Crippen LogP contribution in [0.25, 0.3) is 28.2 Å². The number of benzene rings is 3. The number of hydrogen-bond acceptors (Lipinski definition) is 7. The molecule has 5 aromatic rings. The molecule has 7 nitrogen and oxygen atoms in total. The number of thiazole rings is 1. The van der Waals surface area contributed by atoms with Crippen molar-refractivity contribution in [2.75, 3.05) is 13.7 Å². The summed E-state index contributed by atoms with van der Waals surface area (Å²) in [5.41, 5.74) is 2.00. The fourth-order valence-corrected chi connectivity index (χ4v) is 7.02. The van der Waals surface area contributed by atoms with E-state index in [2.05, 4.69) is 0 Å². The quantitative estimate of drug-likeness (QED) is 0.165. The highest BCUT2D eigenvalue weighted by Crippen LogP contribution is 2.41. The SMILES string of the molecule is CCCC1=C(C(=O)OCC)C(c2c(OC)ccc3ccccc23)n2c(s/c(=C\c3ccc(-c4ccc(Cl)cc4Cl)o3)c2=O)=N1. The van der Waals surface area contributed by atoms with Gasteiger partial charge in [0.15, 0.2) is 4.80 Å². The summed E-state index contributed by atoms with van der Waals surface area (Å²) in [6.07, 6.45) is 2.96. The number of ether oxygens (including phenoxy) is 2. The summed E-state index contributed by atoms with van der Waals surface area (Å²) in [7, 11) is 1.58. The molecule has 1 aliphatic heterocycles. The van der Waals surface area contributed by atoms with Gasteiger partial charge in [0.1, 0.15) is 23.3 Å². The molecular formula is C34H28Cl2N2O5S. The fourth-order valence-electron chi connectivity index (χ4n) is 5.52. The van der Waals surface area contributed by atoms with E-state index in [4.69, 9.17) is 42.1 Å². The van der Waals surface area contributed by atoms with Crippen LogP contribution in [0.5, 0.6) is 5.75 Å². The Bertz CT molecular complexity index is 2130. The van der Waals surface area contributed by atoms with E-state index in [-0.39, 0.29) is 12.2 Å². The molecule has 1 aliphatic rings. The number of esters is 1. The maximum absolute atomic E-state index is 14.3. The molecule has 2 aromatic heterocycles. The highest BCUT2D eigenvalue weighted by atomic mass is 35.5. The topological polar surface area (TPSA) is 83.0 Å². The van der Waals surface area contributed by atoms with E-state index in [0.29, 0.717) is 65.5 Å². The van der Waals surface area contributed by atoms with Crippen molar-refractivity contribution in [3.63, 3.8) is 0 Å². The van der Waals surface area contributed by atoms with Gasteiger partial charge in [-0.25, -0.2) is 9.79 Å². The first-order valence-corrected chi connectivity index (χ1v) is 15.7. The fraction of sp³-hybridized carbons (Fsp3) is 0.206. The summed E-state index contributed by atoms with van der Waals surface area (Å²) in [6.45, 7) is 3.97. The Morgan fingerprint density at radius 3 is 2.66 bits per heavy atom. The lowest BCUT2D eigenvalue weighted by Gasteiger charge is -2.28. The predicted octanol–water partition coefficient (Wildman–Crippen LogP) is 7.31. The zero-order valence-corrected chi connectivity index (χ0v) is 26.6. The lowest BCUT2D eigenvalue weighted by Crippen LogP contribution is -2.40. The summed E-state index contributed by atoms with van der Waals surface area (Å²) < 4.78 is 19.5. The summed E-state index contributed by atoms with van der Waals surface area (Å²) in [5, 5.41) is 2.79. The maximum Gasteiger partial charge on any atom is 0.338 e. The molecule has 0 saturated heterocycles. The van der Waals surface area contributed by atoms with Crippen LogP contribution in [0.1, 0.15) is 44.1 Å². The number of rotatable bonds is 8. The summed E-state index contributed by atoms with van der Waals surface area (Å²) in [5.74, 6) is 1.05. The molecule has 0 bridgehead atoms. The van der Waals surface area contributed by atoms with E-state index in [1.165, 1.54) is 11.3 Å². The molecule has 224 valence electrons. The van der Waals surface area contributed by atoms with Crippen LogP contribution >= 0.6 is 34.5 Å². The predicted molar refractivity (Wildman–Crippen MR) is 174 cm³/mol. The molecule has 0 amide bonds. The number of nitrogens with zero attached hydrogens (tertiary/aromatic N) is 2. The van der Waals surface area contributed by atoms with Gasteiger partial charge in [-0.2, -0.15) is 0 Å². The molecule has 3 heterocycles. The highest BCUT2D eigenvalue weighted by molar-refractivity contribution is 7.07. The largest absolute Gasteiger partial charge is 0.496 e. The van der Waals surface area contributed by atoms with Crippen LogP contribution in [0, 0.1) is 0 Å². The minimum Gasteiger partial charge on any atom is -0.496 e. The molecule has 1 atom stereocenters. The van der Waals surface area contributed by atoms with E-state index in [9.17, 15) is 9.59 Å². The molecule has 0 N–H and O–H groups in total. The standard InChI is InChI=1S/C34H28Cl2N2O5S/c1-4-8-25-30(33(40)42-5-2)31(29-22-10-7-6-9-19(22)11-15-27(29)41-3)38-32(39)28(44-34(38)37-25)18-21-13-16-26(43-21)23-14-12-20(35)17-24(23)36/h6-7,9-18,31H,4-5,8H2,1-3H3/b28-18-. The van der Waals surface area contributed by atoms with Gasteiger partial charge in [-0.15, -0.1) is 0 Å². The third-order valence-electron chi connectivity index (χ3n) is 7.41. The Balaban J connectivity index is 1.59. The van der Waals surface area contributed by atoms with Gasteiger partial charge in [-0.3, -0.25) is 9.36 Å². The maximum atomic E-state index is 14.3. The molecule has 0 radical (unpaired) electrons. The van der Waals surface area contributed by atoms with Crippen molar-refractivity contribution in [2.45, 2.75) is 32.7 Å². The van der Waals surface area contributed by atoms with E-state index in [1.807, 2.05) is 43.3 Å². The Morgan fingerprint density at radius 2 is 1.91 bits per heavy atom. The lowest BCUT2D eigenvalue weighted by atomic mass is 9.90. The van der Waals surface area contributed by atoms with Crippen molar-refractivity contribution in [1.29, 1.82) is 0 Å². The van der Waals surface area contributed by atoms with Crippen LogP contribution in [0.2, 0.25) is 10.0 Å². The van der Waals surface area contributed by atoms with Gasteiger partial charge in [0.25, 0.3) is 5.56 Å². The van der Waals surface area contributed by atoms with Gasteiger partial charge >= 0.3 is 5.97 Å². The molecule has 3 aromatic carbocycles. The third kappa shape index (κ3) is 5.38. The Labute approximate surface area is 267 Å². The van der Waals surface area contributed by atoms with E-state index < -0.39 is 12.0 Å². The van der Waals surface area contributed by atoms with Crippen LogP contribution in [0.3, 0.4) is 0 Å². The highest BCUT2D eigenvalue weighted by Gasteiger charge is 2.37. The minimum absolute atomic E-state index is 0.185. The zero-order chi connectivity index (χ0) is 31.0. The van der Waals surface area contributed by atoms with Crippen LogP contribution in [-0.2, 0) is 9.53 Å². The van der Waals surface area contributed by atoms with Gasteiger partial charge in [-0.1, -0.05) is 78.2 Å². The molecule has 6 rings (SSSR count). The van der Waals surface area contributed by atoms with Crippen LogP contribution in [-0.4, -0.2) is 24.3 Å². The van der Waals surface area contributed by atoms with Gasteiger partial charge in [-0.05, 0) is 60.5 Å². The Kier molecular flexibility index (Phi) is 8.49. The minimum atomic E-state index is -0.824. The van der Waals surface area contributed by atoms with Crippen molar-refractivity contribution in [3.05, 3.63) is 119 Å². The van der Waals surface area contributed by atoms with Gasteiger partial charge < -0.3 is 13.9 Å². The zero-order valence-electron chi connectivity index (χ0n) is 24.2. The second-order valence-corrected chi connectivity index (χ2v) is 12.0. The molecule has 0 saturated carbocycles. The van der Waals surface area contributed by atoms with Crippen LogP contribution in [0.15, 0.2) is 92.2 Å². The van der Waals surface area contributed by atoms with E-state index >= 15 is 0 Å². The van der Waals surface area contributed by atoms with Crippen LogP contribution < -0.4 is 19.6 Å². The van der Waals surface area contributed by atoms with Gasteiger partial charge in [0, 0.05) is 22.2 Å². The first-order chi connectivity index (χ1) is 21.3. The van der Waals surface area contributed by atoms with Crippen molar-refractivity contribution >= 4 is 57.4 Å². The number of methoxy groups -OCH3 is 1. The molecule has 0 fully saturated rings. The third-order valence-corrected chi connectivity index (χ3v) is 8.94. The van der Waals surface area contributed by atoms with Crippen LogP contribution in [0.4, 0.5) is 0 Å². The smallest absolute Gasteiger partial charge is 0.338 e. The summed E-state index contributed by atoms with van der Waals surface area (Å²) >= 11 is 13.7. The molecule has 0 spiro atoms. The Morgan fingerprint density at radius 1 is 1.09 bits per heavy atom. The number of carbonyl (C=O) groups excluding carboxylic acids is 1. The van der Waals surface area contributed by atoms with Crippen molar-refractivity contribution in [2.24, 2.45) is 4.99 Å². The second-order valence-electron chi connectivity index (χ2n) is 10.1. The molecule has 0 aliphatic carbocycles. The first kappa shape index (κ1) is 29.9. The number of carbonyl (C=O) groups is 1. The normalized spacial score (nSPS) is 14.9.